The van der Waals surface area contributed by atoms with E-state index < -0.39 is 35.6 Å². The molecule has 1 fully saturated rings. The first kappa shape index (κ1) is 23.0. The summed E-state index contributed by atoms with van der Waals surface area (Å²) < 4.78 is 42.2. The minimum Gasteiger partial charge on any atom is -0.507 e. The molecule has 1 aliphatic rings. The van der Waals surface area contributed by atoms with Gasteiger partial charge in [-0.05, 0) is 36.2 Å². The summed E-state index contributed by atoms with van der Waals surface area (Å²) in [6.07, 6.45) is -2.71. The number of halogens is 3. The fraction of sp³-hybridized carbons (Fsp3) is 0.160. The van der Waals surface area contributed by atoms with Gasteiger partial charge < -0.3 is 9.84 Å². The topological polar surface area (TPSA) is 79.7 Å². The Morgan fingerprint density at radius 2 is 1.79 bits per heavy atom. The molecule has 0 bridgehead atoms. The van der Waals surface area contributed by atoms with Crippen LogP contribution in [-0.4, -0.2) is 28.1 Å². The monoisotopic (exact) mass is 468 g/mol. The largest absolute Gasteiger partial charge is 0.573 e. The van der Waals surface area contributed by atoms with Crippen molar-refractivity contribution in [3.8, 4) is 5.75 Å². The minimum absolute atomic E-state index is 0.0140. The van der Waals surface area contributed by atoms with Crippen LogP contribution in [0.1, 0.15) is 29.8 Å². The van der Waals surface area contributed by atoms with Crippen LogP contribution in [0.4, 0.5) is 18.9 Å². The lowest BCUT2D eigenvalue weighted by Gasteiger charge is -2.25. The zero-order valence-electron chi connectivity index (χ0n) is 17.9. The summed E-state index contributed by atoms with van der Waals surface area (Å²) in [6.45, 7) is 1.97. The number of alkyl halides is 3. The molecule has 3 aromatic rings. The number of aliphatic hydroxyl groups excluding tert-OH is 1. The first-order valence-electron chi connectivity index (χ1n) is 10.4. The van der Waals surface area contributed by atoms with E-state index in [0.717, 1.165) is 29.0 Å². The Kier molecular flexibility index (Phi) is 6.10. The van der Waals surface area contributed by atoms with E-state index in [9.17, 15) is 27.9 Å². The van der Waals surface area contributed by atoms with E-state index in [-0.39, 0.29) is 17.0 Å². The average Bonchev–Trinajstić information content (AvgIpc) is 3.09. The second kappa shape index (κ2) is 9.01. The highest BCUT2D eigenvalue weighted by atomic mass is 19.4. The van der Waals surface area contributed by atoms with Crippen LogP contribution >= 0.6 is 0 Å². The van der Waals surface area contributed by atoms with Gasteiger partial charge in [0.05, 0.1) is 11.3 Å². The van der Waals surface area contributed by atoms with Gasteiger partial charge in [-0.15, -0.1) is 13.2 Å². The molecule has 0 spiro atoms. The quantitative estimate of drug-likeness (QED) is 0.318. The number of pyridine rings is 1. The summed E-state index contributed by atoms with van der Waals surface area (Å²) in [7, 11) is 0. The molecular formula is C25H19F3N2O4. The third-order valence-electron chi connectivity index (χ3n) is 5.38. The highest BCUT2D eigenvalue weighted by molar-refractivity contribution is 6.51. The van der Waals surface area contributed by atoms with Crippen LogP contribution in [0.15, 0.2) is 78.5 Å². The summed E-state index contributed by atoms with van der Waals surface area (Å²) in [5.74, 6) is -2.94. The second-order valence-corrected chi connectivity index (χ2v) is 7.52. The summed E-state index contributed by atoms with van der Waals surface area (Å²) in [6, 6.07) is 15.3. The minimum atomic E-state index is -4.93. The zero-order chi connectivity index (χ0) is 24.5. The van der Waals surface area contributed by atoms with Gasteiger partial charge in [-0.1, -0.05) is 43.3 Å². The predicted molar refractivity (Wildman–Crippen MR) is 118 cm³/mol. The van der Waals surface area contributed by atoms with E-state index in [1.807, 2.05) is 6.92 Å². The van der Waals surface area contributed by atoms with Crippen molar-refractivity contribution >= 4 is 23.1 Å². The summed E-state index contributed by atoms with van der Waals surface area (Å²) >= 11 is 0. The zero-order valence-corrected chi connectivity index (χ0v) is 17.9. The number of benzene rings is 2. The molecule has 2 aromatic carbocycles. The van der Waals surface area contributed by atoms with E-state index in [0.29, 0.717) is 5.56 Å². The van der Waals surface area contributed by atoms with Gasteiger partial charge in [0.2, 0.25) is 0 Å². The van der Waals surface area contributed by atoms with Gasteiger partial charge in [0.1, 0.15) is 17.6 Å². The number of Topliss-reactive ketones (excluding diaryl/α,β-unsaturated/α-hetero) is 1. The van der Waals surface area contributed by atoms with Crippen LogP contribution in [0.3, 0.4) is 0 Å². The standard InChI is InChI=1S/C25H19F3N2O4/c1-2-15-9-11-16(12-10-15)22(31)20-21(19-8-3-4-13-29-19)30(24(33)23(20)32)17-6-5-7-18(14-17)34-25(26,27)28/h3-14,21,31H,2H2,1H3/b22-20+. The van der Waals surface area contributed by atoms with Gasteiger partial charge in [-0.3, -0.25) is 19.5 Å². The third kappa shape index (κ3) is 4.50. The van der Waals surface area contributed by atoms with E-state index in [2.05, 4.69) is 9.72 Å². The number of anilines is 1. The molecule has 0 saturated carbocycles. The Morgan fingerprint density at radius 3 is 2.41 bits per heavy atom. The lowest BCUT2D eigenvalue weighted by atomic mass is 9.97. The van der Waals surface area contributed by atoms with Gasteiger partial charge in [-0.2, -0.15) is 0 Å². The number of rotatable bonds is 5. The molecule has 1 unspecified atom stereocenters. The maximum absolute atomic E-state index is 13.1. The average molecular weight is 468 g/mol. The Labute approximate surface area is 192 Å². The predicted octanol–water partition coefficient (Wildman–Crippen LogP) is 5.17. The lowest BCUT2D eigenvalue weighted by molar-refractivity contribution is -0.274. The molecule has 6 nitrogen and oxygen atoms in total. The number of ether oxygens (including phenoxy) is 1. The van der Waals surface area contributed by atoms with Gasteiger partial charge in [-0.25, -0.2) is 0 Å². The Balaban J connectivity index is 1.87. The van der Waals surface area contributed by atoms with Crippen LogP contribution in [-0.2, 0) is 16.0 Å². The molecule has 1 aromatic heterocycles. The van der Waals surface area contributed by atoms with Crippen molar-refractivity contribution < 1.29 is 32.6 Å². The van der Waals surface area contributed by atoms with Gasteiger partial charge >= 0.3 is 6.36 Å². The van der Waals surface area contributed by atoms with Gasteiger partial charge in [0.15, 0.2) is 0 Å². The summed E-state index contributed by atoms with van der Waals surface area (Å²) in [4.78, 5) is 31.4. The molecule has 1 saturated heterocycles. The third-order valence-corrected chi connectivity index (χ3v) is 5.38. The van der Waals surface area contributed by atoms with Crippen molar-refractivity contribution in [3.63, 3.8) is 0 Å². The summed E-state index contributed by atoms with van der Waals surface area (Å²) in [5, 5.41) is 11.1. The van der Waals surface area contributed by atoms with Gasteiger partial charge in [0.25, 0.3) is 11.7 Å². The summed E-state index contributed by atoms with van der Waals surface area (Å²) in [5.41, 5.74) is 1.37. The van der Waals surface area contributed by atoms with Crippen LogP contribution in [0, 0.1) is 0 Å². The first-order chi connectivity index (χ1) is 16.2. The Bertz CT molecular complexity index is 1260. The first-order valence-corrected chi connectivity index (χ1v) is 10.4. The number of hydrogen-bond donors (Lipinski definition) is 1. The van der Waals surface area contributed by atoms with Crippen LogP contribution < -0.4 is 9.64 Å². The van der Waals surface area contributed by atoms with E-state index in [4.69, 9.17) is 0 Å². The molecule has 1 amide bonds. The molecule has 0 aliphatic carbocycles. The molecule has 174 valence electrons. The number of hydrogen-bond acceptors (Lipinski definition) is 5. The molecule has 4 rings (SSSR count). The molecule has 1 N–H and O–H groups in total. The molecule has 34 heavy (non-hydrogen) atoms. The number of ketones is 1. The Morgan fingerprint density at radius 1 is 1.06 bits per heavy atom. The SMILES string of the molecule is CCc1ccc(/C(O)=C2\C(=O)C(=O)N(c3cccc(OC(F)(F)F)c3)C2c2ccccn2)cc1. The van der Waals surface area contributed by atoms with Gasteiger partial charge in [0, 0.05) is 23.5 Å². The number of carbonyl (C=O) groups excluding carboxylic acids is 2. The maximum atomic E-state index is 13.1. The van der Waals surface area contributed by atoms with E-state index >= 15 is 0 Å². The highest BCUT2D eigenvalue weighted by Gasteiger charge is 2.47. The van der Waals surface area contributed by atoms with Crippen molar-refractivity contribution in [2.75, 3.05) is 4.90 Å². The van der Waals surface area contributed by atoms with Crippen molar-refractivity contribution in [2.24, 2.45) is 0 Å². The number of nitrogens with zero attached hydrogens (tertiary/aromatic N) is 2. The van der Waals surface area contributed by atoms with Crippen LogP contribution in [0.2, 0.25) is 0 Å². The van der Waals surface area contributed by atoms with Crippen molar-refractivity contribution in [2.45, 2.75) is 25.7 Å². The van der Waals surface area contributed by atoms with Crippen molar-refractivity contribution in [1.82, 2.24) is 4.98 Å². The number of aromatic nitrogens is 1. The Hall–Kier alpha value is -4.14. The van der Waals surface area contributed by atoms with Crippen molar-refractivity contribution in [1.29, 1.82) is 0 Å². The molecular weight excluding hydrogens is 449 g/mol. The van der Waals surface area contributed by atoms with E-state index in [1.54, 1.807) is 42.5 Å². The molecule has 0 radical (unpaired) electrons. The number of aryl methyl sites for hydroxylation is 1. The molecule has 9 heteroatoms. The highest BCUT2D eigenvalue weighted by Crippen LogP contribution is 2.42. The maximum Gasteiger partial charge on any atom is 0.573 e. The molecule has 2 heterocycles. The van der Waals surface area contributed by atoms with E-state index in [1.165, 1.54) is 18.3 Å². The normalized spacial score (nSPS) is 17.8. The second-order valence-electron chi connectivity index (χ2n) is 7.52. The fourth-order valence-electron chi connectivity index (χ4n) is 3.80. The lowest BCUT2D eigenvalue weighted by Crippen LogP contribution is -2.30. The van der Waals surface area contributed by atoms with Crippen LogP contribution in [0.5, 0.6) is 5.75 Å². The van der Waals surface area contributed by atoms with Crippen molar-refractivity contribution in [3.05, 3.63) is 95.3 Å². The number of carbonyl (C=O) groups is 2. The fourth-order valence-corrected chi connectivity index (χ4v) is 3.80. The smallest absolute Gasteiger partial charge is 0.507 e. The number of aliphatic hydroxyl groups is 1. The number of amides is 1. The van der Waals surface area contributed by atoms with Crippen LogP contribution in [0.25, 0.3) is 5.76 Å². The molecule has 1 aliphatic heterocycles. The molecule has 1 atom stereocenters.